The lowest BCUT2D eigenvalue weighted by Gasteiger charge is -2.14. The largest absolute Gasteiger partial charge is 0.311 e. The molecule has 0 aromatic rings. The second-order valence-electron chi connectivity index (χ2n) is 2.37. The zero-order valence-electron chi connectivity index (χ0n) is 6.37. The van der Waals surface area contributed by atoms with Gasteiger partial charge in [-0.3, -0.25) is 0 Å². The number of rotatable bonds is 3. The van der Waals surface area contributed by atoms with Gasteiger partial charge in [0.25, 0.3) is 0 Å². The molecule has 0 spiro atoms. The third kappa shape index (κ3) is 3.39. The predicted molar refractivity (Wildman–Crippen MR) is 35.0 cm³/mol. The molecule has 0 heterocycles. The molecule has 0 nitrogen and oxygen atoms in total. The maximum Gasteiger partial charge on any atom is 0.311 e. The van der Waals surface area contributed by atoms with Crippen molar-refractivity contribution >= 4 is 0 Å². The molecular formula is C7H10F4. The Morgan fingerprint density at radius 2 is 1.91 bits per heavy atom. The van der Waals surface area contributed by atoms with Crippen LogP contribution in [0.25, 0.3) is 0 Å². The van der Waals surface area contributed by atoms with Crippen LogP contribution < -0.4 is 0 Å². The molecule has 11 heavy (non-hydrogen) atoms. The molecule has 0 amide bonds. The second kappa shape index (κ2) is 3.74. The van der Waals surface area contributed by atoms with Gasteiger partial charge in [0.2, 0.25) is 0 Å². The van der Waals surface area contributed by atoms with Crippen LogP contribution in [0.15, 0.2) is 11.6 Å². The maximum absolute atomic E-state index is 12.2. The monoisotopic (exact) mass is 170 g/mol. The van der Waals surface area contributed by atoms with Gasteiger partial charge in [-0.1, -0.05) is 11.6 Å². The summed E-state index contributed by atoms with van der Waals surface area (Å²) in [6.45, 7) is 2.94. The summed E-state index contributed by atoms with van der Waals surface area (Å²) in [7, 11) is 0. The van der Waals surface area contributed by atoms with E-state index in [1.54, 1.807) is 0 Å². The zero-order chi connectivity index (χ0) is 9.07. The van der Waals surface area contributed by atoms with Crippen LogP contribution in [0.4, 0.5) is 17.6 Å². The van der Waals surface area contributed by atoms with E-state index in [0.29, 0.717) is 0 Å². The summed E-state index contributed by atoms with van der Waals surface area (Å²) in [5.41, 5.74) is 0.273. The fourth-order valence-electron chi connectivity index (χ4n) is 0.551. The van der Waals surface area contributed by atoms with Crippen LogP contribution in [0.3, 0.4) is 0 Å². The first kappa shape index (κ1) is 10.5. The van der Waals surface area contributed by atoms with E-state index in [9.17, 15) is 17.6 Å². The van der Waals surface area contributed by atoms with Crippen LogP contribution in [0.1, 0.15) is 20.3 Å². The summed E-state index contributed by atoms with van der Waals surface area (Å²) in [4.78, 5) is 0. The summed E-state index contributed by atoms with van der Waals surface area (Å²) in [6, 6.07) is 0. The standard InChI is InChI=1S/C7H10F4/c1-3-5(2)4-7(10,11)6(8)9/h3,6H,4H2,1-2H3. The number of halogens is 4. The quantitative estimate of drug-likeness (QED) is 0.450. The first-order chi connectivity index (χ1) is 4.90. The highest BCUT2D eigenvalue weighted by Crippen LogP contribution is 2.29. The summed E-state index contributed by atoms with van der Waals surface area (Å²) in [5.74, 6) is -3.88. The Balaban J connectivity index is 4.13. The minimum atomic E-state index is -3.88. The highest BCUT2D eigenvalue weighted by atomic mass is 19.3. The topological polar surface area (TPSA) is 0 Å². The molecule has 0 N–H and O–H groups in total. The SMILES string of the molecule is CC=C(C)CC(F)(F)C(F)F. The van der Waals surface area contributed by atoms with E-state index in [4.69, 9.17) is 0 Å². The molecule has 0 aliphatic rings. The zero-order valence-corrected chi connectivity index (χ0v) is 6.37. The van der Waals surface area contributed by atoms with Crippen molar-refractivity contribution in [1.29, 1.82) is 0 Å². The van der Waals surface area contributed by atoms with E-state index in [2.05, 4.69) is 0 Å². The minimum absolute atomic E-state index is 0.273. The van der Waals surface area contributed by atoms with Crippen LogP contribution in [-0.2, 0) is 0 Å². The van der Waals surface area contributed by atoms with Gasteiger partial charge in [0.05, 0.1) is 0 Å². The summed E-state index contributed by atoms with van der Waals surface area (Å²) >= 11 is 0. The molecule has 0 radical (unpaired) electrons. The summed E-state index contributed by atoms with van der Waals surface area (Å²) < 4.78 is 47.4. The van der Waals surface area contributed by atoms with Gasteiger partial charge in [0, 0.05) is 6.42 Å². The molecule has 0 saturated carbocycles. The maximum atomic E-state index is 12.2. The van der Waals surface area contributed by atoms with Crippen LogP contribution >= 0.6 is 0 Å². The van der Waals surface area contributed by atoms with Gasteiger partial charge >= 0.3 is 12.3 Å². The van der Waals surface area contributed by atoms with Gasteiger partial charge in [-0.15, -0.1) is 0 Å². The lowest BCUT2D eigenvalue weighted by Crippen LogP contribution is -2.26. The minimum Gasteiger partial charge on any atom is -0.204 e. The molecule has 0 rings (SSSR count). The van der Waals surface area contributed by atoms with Crippen molar-refractivity contribution in [1.82, 2.24) is 0 Å². The molecule has 0 bridgehead atoms. The number of hydrogen-bond acceptors (Lipinski definition) is 0. The van der Waals surface area contributed by atoms with E-state index >= 15 is 0 Å². The second-order valence-corrected chi connectivity index (χ2v) is 2.37. The van der Waals surface area contributed by atoms with E-state index in [0.717, 1.165) is 0 Å². The summed E-state index contributed by atoms with van der Waals surface area (Å²) in [6.07, 6.45) is -3.03. The molecule has 0 fully saturated rings. The van der Waals surface area contributed by atoms with Gasteiger partial charge in [-0.05, 0) is 13.8 Å². The molecule has 0 aromatic heterocycles. The van der Waals surface area contributed by atoms with Gasteiger partial charge in [-0.2, -0.15) is 8.78 Å². The molecule has 0 saturated heterocycles. The van der Waals surface area contributed by atoms with Crippen molar-refractivity contribution in [2.75, 3.05) is 0 Å². The van der Waals surface area contributed by atoms with Crippen molar-refractivity contribution in [3.63, 3.8) is 0 Å². The van der Waals surface area contributed by atoms with Crippen molar-refractivity contribution in [3.05, 3.63) is 11.6 Å². The fourth-order valence-corrected chi connectivity index (χ4v) is 0.551. The van der Waals surface area contributed by atoms with E-state index in [1.807, 2.05) is 0 Å². The Bertz CT molecular complexity index is 149. The number of alkyl halides is 4. The Labute approximate surface area is 62.9 Å². The van der Waals surface area contributed by atoms with E-state index in [-0.39, 0.29) is 5.57 Å². The van der Waals surface area contributed by atoms with Gasteiger partial charge < -0.3 is 0 Å². The molecule has 4 heteroatoms. The Morgan fingerprint density at radius 3 is 2.18 bits per heavy atom. The van der Waals surface area contributed by atoms with Crippen molar-refractivity contribution in [2.24, 2.45) is 0 Å². The first-order valence-corrected chi connectivity index (χ1v) is 3.18. The Morgan fingerprint density at radius 1 is 1.45 bits per heavy atom. The molecule has 0 aliphatic carbocycles. The Kier molecular flexibility index (Phi) is 3.55. The third-order valence-corrected chi connectivity index (χ3v) is 1.33. The Hall–Kier alpha value is -0.540. The lowest BCUT2D eigenvalue weighted by atomic mass is 10.1. The number of hydrogen-bond donors (Lipinski definition) is 0. The third-order valence-electron chi connectivity index (χ3n) is 1.33. The average molecular weight is 170 g/mol. The van der Waals surface area contributed by atoms with E-state index < -0.39 is 18.8 Å². The first-order valence-electron chi connectivity index (χ1n) is 3.18. The fraction of sp³-hybridized carbons (Fsp3) is 0.714. The van der Waals surface area contributed by atoms with Gasteiger partial charge in [0.1, 0.15) is 0 Å². The molecule has 0 atom stereocenters. The van der Waals surface area contributed by atoms with Gasteiger partial charge in [-0.25, -0.2) is 8.78 Å². The van der Waals surface area contributed by atoms with Gasteiger partial charge in [0.15, 0.2) is 0 Å². The normalized spacial score (nSPS) is 14.3. The molecule has 0 aliphatic heterocycles. The van der Waals surface area contributed by atoms with E-state index in [1.165, 1.54) is 19.9 Å². The summed E-state index contributed by atoms with van der Waals surface area (Å²) in [5, 5.41) is 0. The lowest BCUT2D eigenvalue weighted by molar-refractivity contribution is -0.126. The van der Waals surface area contributed by atoms with Crippen molar-refractivity contribution in [3.8, 4) is 0 Å². The van der Waals surface area contributed by atoms with Crippen LogP contribution in [0, 0.1) is 0 Å². The number of allylic oxidation sites excluding steroid dienone is 2. The van der Waals surface area contributed by atoms with Crippen LogP contribution in [-0.4, -0.2) is 12.3 Å². The molecular weight excluding hydrogens is 160 g/mol. The highest BCUT2D eigenvalue weighted by Gasteiger charge is 2.40. The molecule has 0 unspecified atom stereocenters. The molecule has 0 aromatic carbocycles. The highest BCUT2D eigenvalue weighted by molar-refractivity contribution is 5.00. The van der Waals surface area contributed by atoms with Crippen molar-refractivity contribution < 1.29 is 17.6 Å². The van der Waals surface area contributed by atoms with Crippen LogP contribution in [0.5, 0.6) is 0 Å². The average Bonchev–Trinajstić information content (AvgIpc) is 1.86. The smallest absolute Gasteiger partial charge is 0.204 e. The molecule has 66 valence electrons. The van der Waals surface area contributed by atoms with Crippen molar-refractivity contribution in [2.45, 2.75) is 32.6 Å². The predicted octanol–water partition coefficient (Wildman–Crippen LogP) is 3.24. The van der Waals surface area contributed by atoms with Crippen LogP contribution in [0.2, 0.25) is 0 Å².